The molecule has 2 heterocycles. The predicted octanol–water partition coefficient (Wildman–Crippen LogP) is 2.86. The SMILES string of the molecule is CCc1nc(Cl)c2cc(C)ccn12. The van der Waals surface area contributed by atoms with Crippen molar-refractivity contribution in [3.05, 3.63) is 34.9 Å². The second-order valence-corrected chi connectivity index (χ2v) is 3.49. The fraction of sp³-hybridized carbons (Fsp3) is 0.300. The standard InChI is InChI=1S/C10H11ClN2/c1-3-9-12-10(11)8-6-7(2)4-5-13(8)9/h4-6H,3H2,1-2H3. The third-order valence-electron chi connectivity index (χ3n) is 2.14. The Morgan fingerprint density at radius 3 is 3.00 bits per heavy atom. The highest BCUT2D eigenvalue weighted by molar-refractivity contribution is 6.32. The lowest BCUT2D eigenvalue weighted by atomic mass is 10.3. The minimum Gasteiger partial charge on any atom is -0.302 e. The molecule has 2 nitrogen and oxygen atoms in total. The highest BCUT2D eigenvalue weighted by atomic mass is 35.5. The Morgan fingerprint density at radius 2 is 2.31 bits per heavy atom. The van der Waals surface area contributed by atoms with E-state index in [0.29, 0.717) is 5.15 Å². The van der Waals surface area contributed by atoms with Crippen LogP contribution >= 0.6 is 11.6 Å². The van der Waals surface area contributed by atoms with Gasteiger partial charge in [-0.3, -0.25) is 0 Å². The van der Waals surface area contributed by atoms with Crippen LogP contribution in [-0.4, -0.2) is 9.38 Å². The molecule has 0 radical (unpaired) electrons. The summed E-state index contributed by atoms with van der Waals surface area (Å²) in [7, 11) is 0. The summed E-state index contributed by atoms with van der Waals surface area (Å²) in [5.41, 5.74) is 2.20. The Hall–Kier alpha value is -1.02. The van der Waals surface area contributed by atoms with E-state index in [9.17, 15) is 0 Å². The molecule has 0 amide bonds. The molecule has 0 saturated heterocycles. The molecular weight excluding hydrogens is 184 g/mol. The Kier molecular flexibility index (Phi) is 2.00. The van der Waals surface area contributed by atoms with Crippen LogP contribution in [0.4, 0.5) is 0 Å². The quantitative estimate of drug-likeness (QED) is 0.683. The van der Waals surface area contributed by atoms with Crippen molar-refractivity contribution < 1.29 is 0 Å². The van der Waals surface area contributed by atoms with Crippen molar-refractivity contribution in [2.45, 2.75) is 20.3 Å². The molecule has 0 unspecified atom stereocenters. The molecule has 0 spiro atoms. The van der Waals surface area contributed by atoms with Crippen molar-refractivity contribution in [2.24, 2.45) is 0 Å². The van der Waals surface area contributed by atoms with Crippen LogP contribution in [0.1, 0.15) is 18.3 Å². The summed E-state index contributed by atoms with van der Waals surface area (Å²) in [5, 5.41) is 0.598. The third kappa shape index (κ3) is 1.31. The second-order valence-electron chi connectivity index (χ2n) is 3.13. The summed E-state index contributed by atoms with van der Waals surface area (Å²) in [4.78, 5) is 4.28. The summed E-state index contributed by atoms with van der Waals surface area (Å²) < 4.78 is 2.04. The first-order chi connectivity index (χ1) is 6.22. The molecule has 0 bridgehead atoms. The van der Waals surface area contributed by atoms with Crippen molar-refractivity contribution in [2.75, 3.05) is 0 Å². The first-order valence-corrected chi connectivity index (χ1v) is 4.73. The number of rotatable bonds is 1. The van der Waals surface area contributed by atoms with Gasteiger partial charge in [0.2, 0.25) is 0 Å². The normalized spacial score (nSPS) is 11.0. The first-order valence-electron chi connectivity index (χ1n) is 4.35. The highest BCUT2D eigenvalue weighted by Gasteiger charge is 2.06. The van der Waals surface area contributed by atoms with Crippen LogP contribution < -0.4 is 0 Å². The zero-order valence-corrected chi connectivity index (χ0v) is 8.47. The molecule has 0 aliphatic rings. The van der Waals surface area contributed by atoms with Crippen LogP contribution in [0.5, 0.6) is 0 Å². The van der Waals surface area contributed by atoms with Crippen molar-refractivity contribution in [3.8, 4) is 0 Å². The van der Waals surface area contributed by atoms with Crippen LogP contribution in [0, 0.1) is 6.92 Å². The number of halogens is 1. The molecule has 0 N–H and O–H groups in total. The number of hydrogen-bond donors (Lipinski definition) is 0. The van der Waals surface area contributed by atoms with E-state index < -0.39 is 0 Å². The van der Waals surface area contributed by atoms with Crippen molar-refractivity contribution in [1.29, 1.82) is 0 Å². The van der Waals surface area contributed by atoms with Crippen LogP contribution in [0.2, 0.25) is 5.15 Å². The fourth-order valence-electron chi connectivity index (χ4n) is 1.46. The zero-order valence-electron chi connectivity index (χ0n) is 7.71. The second kappa shape index (κ2) is 3.04. The van der Waals surface area contributed by atoms with Crippen LogP contribution in [0.3, 0.4) is 0 Å². The number of aromatic nitrogens is 2. The van der Waals surface area contributed by atoms with E-state index in [4.69, 9.17) is 11.6 Å². The Balaban J connectivity index is 2.80. The highest BCUT2D eigenvalue weighted by Crippen LogP contribution is 2.19. The molecule has 2 rings (SSSR count). The summed E-state index contributed by atoms with van der Waals surface area (Å²) in [5.74, 6) is 1.01. The Bertz CT molecular complexity index is 445. The van der Waals surface area contributed by atoms with Crippen LogP contribution in [0.25, 0.3) is 5.52 Å². The van der Waals surface area contributed by atoms with E-state index in [1.807, 2.05) is 10.6 Å². The van der Waals surface area contributed by atoms with Gasteiger partial charge in [-0.05, 0) is 24.6 Å². The van der Waals surface area contributed by atoms with Gasteiger partial charge >= 0.3 is 0 Å². The van der Waals surface area contributed by atoms with Gasteiger partial charge in [0.1, 0.15) is 5.82 Å². The largest absolute Gasteiger partial charge is 0.302 e. The minimum atomic E-state index is 0.598. The Morgan fingerprint density at radius 1 is 1.54 bits per heavy atom. The molecule has 0 aliphatic heterocycles. The predicted molar refractivity (Wildman–Crippen MR) is 54.3 cm³/mol. The van der Waals surface area contributed by atoms with Crippen LogP contribution in [-0.2, 0) is 6.42 Å². The van der Waals surface area contributed by atoms with E-state index in [1.165, 1.54) is 5.56 Å². The van der Waals surface area contributed by atoms with Gasteiger partial charge < -0.3 is 4.40 Å². The maximum atomic E-state index is 6.00. The molecule has 0 aliphatic carbocycles. The van der Waals surface area contributed by atoms with Crippen molar-refractivity contribution >= 4 is 17.1 Å². The molecular formula is C10H11ClN2. The maximum absolute atomic E-state index is 6.00. The molecule has 2 aromatic heterocycles. The summed E-state index contributed by atoms with van der Waals surface area (Å²) in [6.07, 6.45) is 2.92. The number of fused-ring (bicyclic) bond motifs is 1. The number of aryl methyl sites for hydroxylation is 2. The lowest BCUT2D eigenvalue weighted by Crippen LogP contribution is -1.91. The van der Waals surface area contributed by atoms with E-state index >= 15 is 0 Å². The molecule has 68 valence electrons. The smallest absolute Gasteiger partial charge is 0.155 e. The van der Waals surface area contributed by atoms with Gasteiger partial charge in [-0.2, -0.15) is 0 Å². The number of hydrogen-bond acceptors (Lipinski definition) is 1. The van der Waals surface area contributed by atoms with Gasteiger partial charge in [0, 0.05) is 12.6 Å². The monoisotopic (exact) mass is 194 g/mol. The van der Waals surface area contributed by atoms with Crippen molar-refractivity contribution in [3.63, 3.8) is 0 Å². The van der Waals surface area contributed by atoms with Gasteiger partial charge in [-0.25, -0.2) is 4.98 Å². The average Bonchev–Trinajstić information content (AvgIpc) is 2.43. The maximum Gasteiger partial charge on any atom is 0.155 e. The van der Waals surface area contributed by atoms with Crippen LogP contribution in [0.15, 0.2) is 18.3 Å². The van der Waals surface area contributed by atoms with Gasteiger partial charge in [0.15, 0.2) is 5.15 Å². The lowest BCUT2D eigenvalue weighted by Gasteiger charge is -1.98. The zero-order chi connectivity index (χ0) is 9.42. The molecule has 0 aromatic carbocycles. The summed E-state index contributed by atoms with van der Waals surface area (Å²) >= 11 is 6.00. The molecule has 13 heavy (non-hydrogen) atoms. The first kappa shape index (κ1) is 8.57. The number of nitrogens with zero attached hydrogens (tertiary/aromatic N) is 2. The fourth-order valence-corrected chi connectivity index (χ4v) is 1.71. The van der Waals surface area contributed by atoms with Crippen molar-refractivity contribution in [1.82, 2.24) is 9.38 Å². The number of pyridine rings is 1. The van der Waals surface area contributed by atoms with E-state index in [0.717, 1.165) is 17.8 Å². The number of imidazole rings is 1. The average molecular weight is 195 g/mol. The molecule has 3 heteroatoms. The lowest BCUT2D eigenvalue weighted by molar-refractivity contribution is 0.932. The van der Waals surface area contributed by atoms with Gasteiger partial charge in [-0.15, -0.1) is 0 Å². The Labute approximate surface area is 82.2 Å². The topological polar surface area (TPSA) is 17.3 Å². The van der Waals surface area contributed by atoms with Gasteiger partial charge in [-0.1, -0.05) is 18.5 Å². The van der Waals surface area contributed by atoms with E-state index in [1.54, 1.807) is 0 Å². The third-order valence-corrected chi connectivity index (χ3v) is 2.42. The van der Waals surface area contributed by atoms with E-state index in [-0.39, 0.29) is 0 Å². The van der Waals surface area contributed by atoms with Gasteiger partial charge in [0.05, 0.1) is 5.52 Å². The molecule has 0 fully saturated rings. The molecule has 2 aromatic rings. The molecule has 0 atom stereocenters. The minimum absolute atomic E-state index is 0.598. The summed E-state index contributed by atoms with van der Waals surface area (Å²) in [6, 6.07) is 4.11. The molecule has 0 saturated carbocycles. The summed E-state index contributed by atoms with van der Waals surface area (Å²) in [6.45, 7) is 4.12. The van der Waals surface area contributed by atoms with E-state index in [2.05, 4.69) is 31.0 Å². The van der Waals surface area contributed by atoms with Gasteiger partial charge in [0.25, 0.3) is 0 Å².